The molecule has 0 saturated carbocycles. The van der Waals surface area contributed by atoms with E-state index in [-0.39, 0.29) is 18.5 Å². The molecule has 0 aliphatic carbocycles. The van der Waals surface area contributed by atoms with Gasteiger partial charge < -0.3 is 9.47 Å². The van der Waals surface area contributed by atoms with Crippen LogP contribution in [0.1, 0.15) is 24.4 Å². The van der Waals surface area contributed by atoms with Gasteiger partial charge in [-0.25, -0.2) is 14.6 Å². The first-order valence-corrected chi connectivity index (χ1v) is 11.1. The van der Waals surface area contributed by atoms with Crippen LogP contribution >= 0.6 is 11.8 Å². The summed E-state index contributed by atoms with van der Waals surface area (Å²) < 4.78 is 3.74. The number of carbonyl (C=O) groups excluding carboxylic acids is 1. The fourth-order valence-electron chi connectivity index (χ4n) is 3.47. The minimum atomic E-state index is -0.0546. The van der Waals surface area contributed by atoms with Gasteiger partial charge >= 0.3 is 0 Å². The molecule has 0 N–H and O–H groups in total. The van der Waals surface area contributed by atoms with Crippen LogP contribution in [0.5, 0.6) is 0 Å². The van der Waals surface area contributed by atoms with Crippen molar-refractivity contribution in [3.8, 4) is 5.69 Å². The highest BCUT2D eigenvalue weighted by Gasteiger charge is 2.20. The van der Waals surface area contributed by atoms with E-state index in [9.17, 15) is 4.79 Å². The van der Waals surface area contributed by atoms with Gasteiger partial charge in [-0.05, 0) is 43.0 Å². The number of benzene rings is 2. The maximum Gasteiger partial charge on any atom is 0.242 e. The van der Waals surface area contributed by atoms with Crippen LogP contribution in [0.2, 0.25) is 0 Å². The number of carbonyl (C=O) groups is 1. The second-order valence-corrected chi connectivity index (χ2v) is 8.01. The predicted molar refractivity (Wildman–Crippen MR) is 119 cm³/mol. The van der Waals surface area contributed by atoms with Gasteiger partial charge in [0.15, 0.2) is 0 Å². The number of imidazole rings is 1. The number of thioether (sulfide) groups is 1. The molecule has 0 radical (unpaired) electrons. The molecule has 0 fully saturated rings. The lowest BCUT2D eigenvalue weighted by Gasteiger charge is -2.26. The van der Waals surface area contributed by atoms with Gasteiger partial charge in [0, 0.05) is 7.05 Å². The van der Waals surface area contributed by atoms with Gasteiger partial charge in [0.1, 0.15) is 25.0 Å². The van der Waals surface area contributed by atoms with E-state index in [2.05, 4.69) is 10.1 Å². The summed E-state index contributed by atoms with van der Waals surface area (Å²) in [6.45, 7) is 2.31. The van der Waals surface area contributed by atoms with Gasteiger partial charge in [-0.2, -0.15) is 16.9 Å². The van der Waals surface area contributed by atoms with Crippen molar-refractivity contribution in [3.05, 3.63) is 72.6 Å². The highest BCUT2D eigenvalue weighted by atomic mass is 32.2. The van der Waals surface area contributed by atoms with E-state index in [0.717, 1.165) is 33.9 Å². The fourth-order valence-corrected chi connectivity index (χ4v) is 3.95. The Bertz CT molecular complexity index is 1140. The number of para-hydroxylation sites is 2. The van der Waals surface area contributed by atoms with Crippen molar-refractivity contribution in [2.75, 3.05) is 13.3 Å². The molecular formula is C22H24N6OS. The highest BCUT2D eigenvalue weighted by molar-refractivity contribution is 7.97. The van der Waals surface area contributed by atoms with Crippen LogP contribution in [0.25, 0.3) is 16.7 Å². The second-order valence-electron chi connectivity index (χ2n) is 7.15. The molecule has 2 aromatic carbocycles. The molecule has 1 unspecified atom stereocenters. The third kappa shape index (κ3) is 3.95. The van der Waals surface area contributed by atoms with E-state index >= 15 is 0 Å². The lowest BCUT2D eigenvalue weighted by Crippen LogP contribution is -2.33. The number of fused-ring (bicyclic) bond motifs is 1. The number of likely N-dealkylation sites (N-methyl/N-ethyl adjacent to an activating group) is 1. The molecule has 0 saturated heterocycles. The van der Waals surface area contributed by atoms with Gasteiger partial charge in [0.2, 0.25) is 5.91 Å². The Labute approximate surface area is 179 Å². The first-order valence-electron chi connectivity index (χ1n) is 9.72. The number of aromatic nitrogens is 5. The van der Waals surface area contributed by atoms with Crippen molar-refractivity contribution >= 4 is 28.7 Å². The fraction of sp³-hybridized carbons (Fsp3) is 0.273. The Kier molecular flexibility index (Phi) is 5.85. The van der Waals surface area contributed by atoms with E-state index in [1.165, 1.54) is 6.33 Å². The molecule has 1 amide bonds. The summed E-state index contributed by atoms with van der Waals surface area (Å²) in [5, 5.41) is 4.14. The third-order valence-electron chi connectivity index (χ3n) is 5.33. The van der Waals surface area contributed by atoms with Crippen LogP contribution in [-0.2, 0) is 17.1 Å². The van der Waals surface area contributed by atoms with Gasteiger partial charge in [-0.3, -0.25) is 4.79 Å². The van der Waals surface area contributed by atoms with E-state index in [1.807, 2.05) is 73.3 Å². The summed E-state index contributed by atoms with van der Waals surface area (Å²) in [5.74, 6) is 1.74. The minimum absolute atomic E-state index is 0.0494. The van der Waals surface area contributed by atoms with Gasteiger partial charge in [0.25, 0.3) is 0 Å². The minimum Gasteiger partial charge on any atom is -0.337 e. The largest absolute Gasteiger partial charge is 0.337 e. The van der Waals surface area contributed by atoms with Crippen molar-refractivity contribution < 1.29 is 4.79 Å². The van der Waals surface area contributed by atoms with Crippen LogP contribution in [0, 0.1) is 0 Å². The summed E-state index contributed by atoms with van der Waals surface area (Å²) in [4.78, 5) is 23.6. The Balaban J connectivity index is 1.52. The Morgan fingerprint density at radius 1 is 1.17 bits per heavy atom. The zero-order valence-electron chi connectivity index (χ0n) is 17.3. The van der Waals surface area contributed by atoms with Crippen molar-refractivity contribution in [2.24, 2.45) is 0 Å². The first kappa shape index (κ1) is 20.2. The van der Waals surface area contributed by atoms with Crippen molar-refractivity contribution in [2.45, 2.75) is 25.3 Å². The van der Waals surface area contributed by atoms with Gasteiger partial charge in [-0.15, -0.1) is 0 Å². The molecule has 0 aliphatic rings. The summed E-state index contributed by atoms with van der Waals surface area (Å²) >= 11 is 1.70. The Morgan fingerprint density at radius 3 is 2.63 bits per heavy atom. The molecule has 2 heterocycles. The molecule has 4 rings (SSSR count). The molecule has 0 bridgehead atoms. The van der Waals surface area contributed by atoms with Gasteiger partial charge in [-0.1, -0.05) is 24.3 Å². The van der Waals surface area contributed by atoms with E-state index < -0.39 is 0 Å². The average molecular weight is 421 g/mol. The maximum absolute atomic E-state index is 13.1. The average Bonchev–Trinajstić information content (AvgIpc) is 3.42. The SMILES string of the molecule is CSCc1nc2ccccc2n1CC(=O)N(C)C(C)c1ccc(-n2cncn2)cc1. The van der Waals surface area contributed by atoms with Crippen molar-refractivity contribution in [1.29, 1.82) is 0 Å². The van der Waals surface area contributed by atoms with Crippen LogP contribution in [0.4, 0.5) is 0 Å². The summed E-state index contributed by atoms with van der Waals surface area (Å²) in [6, 6.07) is 15.9. The monoisotopic (exact) mass is 420 g/mol. The van der Waals surface area contributed by atoms with Crippen LogP contribution in [0.15, 0.2) is 61.2 Å². The summed E-state index contributed by atoms with van der Waals surface area (Å²) in [7, 11) is 1.85. The lowest BCUT2D eigenvalue weighted by atomic mass is 10.1. The molecule has 0 spiro atoms. The molecule has 1 atom stereocenters. The smallest absolute Gasteiger partial charge is 0.242 e. The molecule has 7 nitrogen and oxygen atoms in total. The number of amides is 1. The van der Waals surface area contributed by atoms with Crippen LogP contribution < -0.4 is 0 Å². The van der Waals surface area contributed by atoms with E-state index in [0.29, 0.717) is 0 Å². The molecule has 154 valence electrons. The second kappa shape index (κ2) is 8.71. The Hall–Kier alpha value is -3.13. The number of hydrogen-bond donors (Lipinski definition) is 0. The third-order valence-corrected chi connectivity index (χ3v) is 5.88. The van der Waals surface area contributed by atoms with E-state index in [4.69, 9.17) is 4.98 Å². The first-order chi connectivity index (χ1) is 14.6. The standard InChI is InChI=1S/C22H24N6OS/c1-16(17-8-10-18(11-9-17)28-15-23-14-24-28)26(2)22(29)12-27-20-7-5-4-6-19(20)25-21(27)13-30-3/h4-11,14-16H,12-13H2,1-3H3. The number of hydrogen-bond acceptors (Lipinski definition) is 5. The molecule has 8 heteroatoms. The molecule has 0 aliphatic heterocycles. The molecule has 30 heavy (non-hydrogen) atoms. The predicted octanol–water partition coefficient (Wildman–Crippen LogP) is 3.70. The highest BCUT2D eigenvalue weighted by Crippen LogP contribution is 2.23. The quantitative estimate of drug-likeness (QED) is 0.456. The summed E-state index contributed by atoms with van der Waals surface area (Å²) in [5.41, 5.74) is 3.92. The molecular weight excluding hydrogens is 396 g/mol. The Morgan fingerprint density at radius 2 is 1.93 bits per heavy atom. The van der Waals surface area contributed by atoms with Gasteiger partial charge in [0.05, 0.1) is 28.5 Å². The zero-order chi connectivity index (χ0) is 21.1. The van der Waals surface area contributed by atoms with Crippen LogP contribution in [-0.4, -0.2) is 48.4 Å². The lowest BCUT2D eigenvalue weighted by molar-refractivity contribution is -0.132. The summed E-state index contributed by atoms with van der Waals surface area (Å²) in [6.07, 6.45) is 5.21. The zero-order valence-corrected chi connectivity index (χ0v) is 18.1. The van der Waals surface area contributed by atoms with E-state index in [1.54, 1.807) is 27.7 Å². The number of nitrogens with zero attached hydrogens (tertiary/aromatic N) is 6. The molecule has 2 aromatic heterocycles. The molecule has 4 aromatic rings. The van der Waals surface area contributed by atoms with Crippen molar-refractivity contribution in [1.82, 2.24) is 29.2 Å². The maximum atomic E-state index is 13.1. The van der Waals surface area contributed by atoms with Crippen LogP contribution in [0.3, 0.4) is 0 Å². The normalized spacial score (nSPS) is 12.2. The number of rotatable bonds is 7. The topological polar surface area (TPSA) is 68.8 Å². The van der Waals surface area contributed by atoms with Crippen molar-refractivity contribution in [3.63, 3.8) is 0 Å².